The van der Waals surface area contributed by atoms with Gasteiger partial charge >= 0.3 is 0 Å². The van der Waals surface area contributed by atoms with Crippen LogP contribution in [0.2, 0.25) is 0 Å². The fraction of sp³-hybridized carbons (Fsp3) is 0.294. The lowest BCUT2D eigenvalue weighted by Gasteiger charge is -2.20. The largest absolute Gasteiger partial charge is 0.486 e. The maximum Gasteiger partial charge on any atom is 0.255 e. The number of benzene rings is 1. The molecule has 1 aromatic carbocycles. The Bertz CT molecular complexity index is 803. The highest BCUT2D eigenvalue weighted by molar-refractivity contribution is 5.65. The highest BCUT2D eigenvalue weighted by Crippen LogP contribution is 2.34. The average Bonchev–Trinajstić information content (AvgIpc) is 2.56. The lowest BCUT2D eigenvalue weighted by molar-refractivity contribution is 0.171. The van der Waals surface area contributed by atoms with Gasteiger partial charge in [0.15, 0.2) is 11.5 Å². The predicted octanol–water partition coefficient (Wildman–Crippen LogP) is 2.37. The van der Waals surface area contributed by atoms with Crippen LogP contribution in [0.4, 0.5) is 0 Å². The van der Waals surface area contributed by atoms with Crippen molar-refractivity contribution < 1.29 is 9.47 Å². The quantitative estimate of drug-likeness (QED) is 0.872. The lowest BCUT2D eigenvalue weighted by atomic mass is 10.1. The monoisotopic (exact) mass is 296 g/mol. The summed E-state index contributed by atoms with van der Waals surface area (Å²) in [5.41, 5.74) is 2.11. The van der Waals surface area contributed by atoms with Crippen LogP contribution in [0.15, 0.2) is 35.1 Å². The summed E-state index contributed by atoms with van der Waals surface area (Å²) in [5.74, 6) is 1.42. The molecule has 1 aliphatic rings. The molecule has 5 heteroatoms. The van der Waals surface area contributed by atoms with E-state index in [4.69, 9.17) is 14.7 Å². The summed E-state index contributed by atoms with van der Waals surface area (Å²) in [6.07, 6.45) is 0.125. The first kappa shape index (κ1) is 14.2. The minimum Gasteiger partial charge on any atom is -0.486 e. The highest BCUT2D eigenvalue weighted by atomic mass is 16.6. The first-order valence-electron chi connectivity index (χ1n) is 7.24. The molecule has 0 bridgehead atoms. The van der Waals surface area contributed by atoms with Crippen LogP contribution in [0.5, 0.6) is 11.5 Å². The second-order valence-electron chi connectivity index (χ2n) is 4.99. The molecule has 0 amide bonds. The first-order chi connectivity index (χ1) is 10.7. The second-order valence-corrected chi connectivity index (χ2v) is 4.99. The molecule has 2 heterocycles. The molecule has 112 valence electrons. The van der Waals surface area contributed by atoms with Crippen LogP contribution in [0.25, 0.3) is 11.3 Å². The molecule has 0 saturated carbocycles. The van der Waals surface area contributed by atoms with Gasteiger partial charge in [-0.05, 0) is 31.2 Å². The van der Waals surface area contributed by atoms with Gasteiger partial charge in [-0.1, -0.05) is 6.07 Å². The number of hydrogen-bond donors (Lipinski definition) is 0. The number of hydrogen-bond acceptors (Lipinski definition) is 4. The molecular formula is C17H16N2O3. The van der Waals surface area contributed by atoms with Crippen LogP contribution in [0, 0.1) is 11.3 Å². The number of ether oxygens (including phenoxy) is 2. The Balaban J connectivity index is 2.10. The Kier molecular flexibility index (Phi) is 3.84. The van der Waals surface area contributed by atoms with Crippen LogP contribution in [0.3, 0.4) is 0 Å². The smallest absolute Gasteiger partial charge is 0.255 e. The summed E-state index contributed by atoms with van der Waals surface area (Å²) in [4.78, 5) is 12.4. The zero-order chi connectivity index (χ0) is 15.5. The summed E-state index contributed by atoms with van der Waals surface area (Å²) < 4.78 is 12.8. The fourth-order valence-corrected chi connectivity index (χ4v) is 2.61. The minimum absolute atomic E-state index is 0.114. The molecule has 1 aromatic heterocycles. The van der Waals surface area contributed by atoms with Gasteiger partial charge in [0.1, 0.15) is 13.2 Å². The van der Waals surface area contributed by atoms with Gasteiger partial charge < -0.3 is 14.0 Å². The number of nitriles is 1. The third-order valence-electron chi connectivity index (χ3n) is 3.68. The van der Waals surface area contributed by atoms with E-state index in [0.717, 1.165) is 17.0 Å². The lowest BCUT2D eigenvalue weighted by Crippen LogP contribution is -2.24. The van der Waals surface area contributed by atoms with Gasteiger partial charge in [0.05, 0.1) is 18.2 Å². The zero-order valence-corrected chi connectivity index (χ0v) is 12.3. The van der Waals surface area contributed by atoms with Crippen LogP contribution >= 0.6 is 0 Å². The molecule has 5 nitrogen and oxygen atoms in total. The van der Waals surface area contributed by atoms with E-state index >= 15 is 0 Å². The Labute approximate surface area is 128 Å². The Morgan fingerprint density at radius 1 is 1.18 bits per heavy atom. The molecule has 0 fully saturated rings. The molecule has 0 atom stereocenters. The van der Waals surface area contributed by atoms with Gasteiger partial charge in [-0.25, -0.2) is 0 Å². The van der Waals surface area contributed by atoms with Crippen molar-refractivity contribution in [1.29, 1.82) is 5.26 Å². The molecular weight excluding hydrogens is 280 g/mol. The number of aromatic nitrogens is 1. The highest BCUT2D eigenvalue weighted by Gasteiger charge is 2.15. The maximum absolute atomic E-state index is 12.4. The predicted molar refractivity (Wildman–Crippen MR) is 82.1 cm³/mol. The van der Waals surface area contributed by atoms with Crippen molar-refractivity contribution in [3.8, 4) is 28.8 Å². The van der Waals surface area contributed by atoms with E-state index in [2.05, 4.69) is 0 Å². The summed E-state index contributed by atoms with van der Waals surface area (Å²) in [6.45, 7) is 3.54. The molecule has 3 rings (SSSR count). The molecule has 0 radical (unpaired) electrons. The van der Waals surface area contributed by atoms with Crippen molar-refractivity contribution in [2.75, 3.05) is 13.2 Å². The van der Waals surface area contributed by atoms with Crippen molar-refractivity contribution in [3.05, 3.63) is 46.2 Å². The topological polar surface area (TPSA) is 64.2 Å². The molecule has 0 spiro atoms. The standard InChI is InChI=1S/C17H16N2O3/c1-2-19-14(5-3-12(7-8-18)17(19)20)13-4-6-15-16(11-13)22-10-9-21-15/h3-6,11H,2,7,9-10H2,1H3. The molecule has 2 aromatic rings. The Morgan fingerprint density at radius 3 is 2.68 bits per heavy atom. The molecule has 0 aliphatic carbocycles. The summed E-state index contributed by atoms with van der Waals surface area (Å²) in [7, 11) is 0. The van der Waals surface area contributed by atoms with Crippen LogP contribution in [-0.4, -0.2) is 17.8 Å². The van der Waals surface area contributed by atoms with E-state index in [1.165, 1.54) is 0 Å². The van der Waals surface area contributed by atoms with Crippen molar-refractivity contribution in [2.24, 2.45) is 0 Å². The Hall–Kier alpha value is -2.74. The van der Waals surface area contributed by atoms with Gasteiger partial charge in [0, 0.05) is 17.7 Å². The minimum atomic E-state index is -0.114. The van der Waals surface area contributed by atoms with Gasteiger partial charge in [-0.15, -0.1) is 0 Å². The van der Waals surface area contributed by atoms with E-state index in [1.54, 1.807) is 10.6 Å². The van der Waals surface area contributed by atoms with E-state index in [0.29, 0.717) is 31.1 Å². The molecule has 0 saturated heterocycles. The third-order valence-corrected chi connectivity index (χ3v) is 3.68. The van der Waals surface area contributed by atoms with Crippen molar-refractivity contribution >= 4 is 0 Å². The van der Waals surface area contributed by atoms with Crippen molar-refractivity contribution in [1.82, 2.24) is 4.57 Å². The maximum atomic E-state index is 12.4. The molecule has 1 aliphatic heterocycles. The average molecular weight is 296 g/mol. The van der Waals surface area contributed by atoms with Crippen LogP contribution in [0.1, 0.15) is 12.5 Å². The van der Waals surface area contributed by atoms with Crippen molar-refractivity contribution in [3.63, 3.8) is 0 Å². The molecule has 0 unspecified atom stereocenters. The van der Waals surface area contributed by atoms with E-state index in [9.17, 15) is 4.79 Å². The van der Waals surface area contributed by atoms with Crippen LogP contribution < -0.4 is 15.0 Å². The second kappa shape index (κ2) is 5.94. The van der Waals surface area contributed by atoms with Gasteiger partial charge in [-0.2, -0.15) is 5.26 Å². The number of pyridine rings is 1. The van der Waals surface area contributed by atoms with Gasteiger partial charge in [0.25, 0.3) is 5.56 Å². The summed E-state index contributed by atoms with van der Waals surface area (Å²) in [6, 6.07) is 11.3. The number of rotatable bonds is 3. The first-order valence-corrected chi connectivity index (χ1v) is 7.24. The fourth-order valence-electron chi connectivity index (χ4n) is 2.61. The van der Waals surface area contributed by atoms with Gasteiger partial charge in [0.2, 0.25) is 0 Å². The van der Waals surface area contributed by atoms with E-state index < -0.39 is 0 Å². The summed E-state index contributed by atoms with van der Waals surface area (Å²) >= 11 is 0. The Morgan fingerprint density at radius 2 is 1.95 bits per heavy atom. The summed E-state index contributed by atoms with van der Waals surface area (Å²) in [5, 5.41) is 8.80. The number of fused-ring (bicyclic) bond motifs is 1. The zero-order valence-electron chi connectivity index (χ0n) is 12.3. The van der Waals surface area contributed by atoms with Crippen LogP contribution in [-0.2, 0) is 13.0 Å². The van der Waals surface area contributed by atoms with E-state index in [1.807, 2.05) is 37.3 Å². The third kappa shape index (κ3) is 2.44. The number of nitrogens with zero attached hydrogens (tertiary/aromatic N) is 2. The SMILES string of the molecule is CCn1c(-c2ccc3c(c2)OCCO3)ccc(CC#N)c1=O. The van der Waals surface area contributed by atoms with Crippen molar-refractivity contribution in [2.45, 2.75) is 19.9 Å². The van der Waals surface area contributed by atoms with Gasteiger partial charge in [-0.3, -0.25) is 4.79 Å². The molecule has 0 N–H and O–H groups in total. The molecule has 22 heavy (non-hydrogen) atoms. The van der Waals surface area contributed by atoms with E-state index in [-0.39, 0.29) is 12.0 Å². The normalized spacial score (nSPS) is 12.7.